The Kier molecular flexibility index (Phi) is 5.67. The van der Waals surface area contributed by atoms with Crippen molar-refractivity contribution in [1.29, 1.82) is 0 Å². The standard InChI is InChI=1S/C16H17Cl2N5O2/c1-19-7-13(24)21-10-2-3-14(20-6-10)25-8-9-4-11-12(5-9)22-16(18)23-15(11)17/h2-3,6,9,19H,4-5,7-8H2,1H3,(H,21,24). The molecule has 2 aromatic rings. The lowest BCUT2D eigenvalue weighted by atomic mass is 10.1. The van der Waals surface area contributed by atoms with Gasteiger partial charge in [-0.3, -0.25) is 4.79 Å². The second-order valence-electron chi connectivity index (χ2n) is 5.76. The lowest BCUT2D eigenvalue weighted by Crippen LogP contribution is -2.25. The minimum atomic E-state index is -0.127. The quantitative estimate of drug-likeness (QED) is 0.588. The number of carbonyl (C=O) groups is 1. The molecule has 1 aliphatic carbocycles. The Balaban J connectivity index is 1.53. The number of carbonyl (C=O) groups excluding carboxylic acids is 1. The smallest absolute Gasteiger partial charge is 0.238 e. The molecule has 0 aromatic carbocycles. The first-order valence-corrected chi connectivity index (χ1v) is 8.55. The molecule has 9 heteroatoms. The zero-order chi connectivity index (χ0) is 17.8. The van der Waals surface area contributed by atoms with Crippen molar-refractivity contribution in [2.24, 2.45) is 5.92 Å². The van der Waals surface area contributed by atoms with E-state index in [-0.39, 0.29) is 23.7 Å². The molecule has 25 heavy (non-hydrogen) atoms. The summed E-state index contributed by atoms with van der Waals surface area (Å²) in [6.45, 7) is 0.735. The van der Waals surface area contributed by atoms with E-state index in [2.05, 4.69) is 25.6 Å². The molecule has 2 aromatic heterocycles. The summed E-state index contributed by atoms with van der Waals surface area (Å²) >= 11 is 11.9. The monoisotopic (exact) mass is 381 g/mol. The van der Waals surface area contributed by atoms with Crippen LogP contribution in [0.5, 0.6) is 5.88 Å². The first kappa shape index (κ1) is 17.8. The van der Waals surface area contributed by atoms with E-state index in [1.165, 1.54) is 0 Å². The highest BCUT2D eigenvalue weighted by Crippen LogP contribution is 2.31. The fourth-order valence-electron chi connectivity index (χ4n) is 2.70. The van der Waals surface area contributed by atoms with Gasteiger partial charge in [0.15, 0.2) is 0 Å². The maximum Gasteiger partial charge on any atom is 0.238 e. The number of anilines is 1. The van der Waals surface area contributed by atoms with Crippen LogP contribution in [0.3, 0.4) is 0 Å². The average molecular weight is 382 g/mol. The first-order chi connectivity index (χ1) is 12.0. The topological polar surface area (TPSA) is 89.0 Å². The molecule has 0 spiro atoms. The van der Waals surface area contributed by atoms with Gasteiger partial charge in [-0.05, 0) is 37.6 Å². The number of halogens is 2. The molecule has 0 saturated heterocycles. The van der Waals surface area contributed by atoms with Crippen molar-refractivity contribution in [2.75, 3.05) is 25.5 Å². The van der Waals surface area contributed by atoms with E-state index in [1.54, 1.807) is 25.4 Å². The number of pyridine rings is 1. The molecule has 2 N–H and O–H groups in total. The lowest BCUT2D eigenvalue weighted by molar-refractivity contribution is -0.115. The van der Waals surface area contributed by atoms with Crippen LogP contribution >= 0.6 is 23.2 Å². The van der Waals surface area contributed by atoms with E-state index in [9.17, 15) is 4.79 Å². The van der Waals surface area contributed by atoms with E-state index < -0.39 is 0 Å². The van der Waals surface area contributed by atoms with Crippen LogP contribution in [0, 0.1) is 5.92 Å². The summed E-state index contributed by atoms with van der Waals surface area (Å²) in [6, 6.07) is 3.47. The molecule has 0 fully saturated rings. The normalized spacial score (nSPS) is 15.7. The van der Waals surface area contributed by atoms with Crippen LogP contribution in [0.1, 0.15) is 11.3 Å². The van der Waals surface area contributed by atoms with Crippen molar-refractivity contribution in [3.63, 3.8) is 0 Å². The summed E-state index contributed by atoms with van der Waals surface area (Å²) < 4.78 is 5.74. The number of nitrogens with one attached hydrogen (secondary N) is 2. The summed E-state index contributed by atoms with van der Waals surface area (Å²) in [6.07, 6.45) is 3.06. The number of fused-ring (bicyclic) bond motifs is 1. The zero-order valence-corrected chi connectivity index (χ0v) is 15.1. The number of aromatic nitrogens is 3. The van der Waals surface area contributed by atoms with Crippen molar-refractivity contribution >= 4 is 34.8 Å². The Bertz CT molecular complexity index is 770. The molecule has 1 amide bonds. The molecule has 3 rings (SSSR count). The zero-order valence-electron chi connectivity index (χ0n) is 13.6. The molecular formula is C16H17Cl2N5O2. The summed E-state index contributed by atoms with van der Waals surface area (Å²) in [5.74, 6) is 0.619. The Labute approximate surface area is 155 Å². The Morgan fingerprint density at radius 3 is 2.88 bits per heavy atom. The highest BCUT2D eigenvalue weighted by atomic mass is 35.5. The summed E-state index contributed by atoms with van der Waals surface area (Å²) in [5.41, 5.74) is 2.45. The minimum absolute atomic E-state index is 0.127. The highest BCUT2D eigenvalue weighted by molar-refractivity contribution is 6.32. The number of hydrogen-bond acceptors (Lipinski definition) is 6. The first-order valence-electron chi connectivity index (χ1n) is 7.79. The summed E-state index contributed by atoms with van der Waals surface area (Å²) in [4.78, 5) is 23.9. The summed E-state index contributed by atoms with van der Waals surface area (Å²) in [7, 11) is 1.71. The van der Waals surface area contributed by atoms with Gasteiger partial charge in [-0.25, -0.2) is 15.0 Å². The average Bonchev–Trinajstić information content (AvgIpc) is 2.97. The van der Waals surface area contributed by atoms with Crippen LogP contribution in [-0.2, 0) is 17.6 Å². The van der Waals surface area contributed by atoms with Gasteiger partial charge < -0.3 is 15.4 Å². The van der Waals surface area contributed by atoms with E-state index in [1.807, 2.05) is 0 Å². The van der Waals surface area contributed by atoms with E-state index in [0.717, 1.165) is 24.1 Å². The van der Waals surface area contributed by atoms with Gasteiger partial charge in [0.2, 0.25) is 17.1 Å². The molecule has 7 nitrogen and oxygen atoms in total. The van der Waals surface area contributed by atoms with Gasteiger partial charge in [0.1, 0.15) is 5.15 Å². The Morgan fingerprint density at radius 1 is 1.32 bits per heavy atom. The molecule has 0 saturated carbocycles. The third-order valence-corrected chi connectivity index (χ3v) is 4.30. The third kappa shape index (κ3) is 4.56. The van der Waals surface area contributed by atoms with Crippen molar-refractivity contribution in [3.05, 3.63) is 40.0 Å². The fraction of sp³-hybridized carbons (Fsp3) is 0.375. The number of likely N-dealkylation sites (N-methyl/N-ethyl adjacent to an activating group) is 1. The second kappa shape index (κ2) is 7.95. The van der Waals surface area contributed by atoms with Crippen molar-refractivity contribution in [3.8, 4) is 5.88 Å². The summed E-state index contributed by atoms with van der Waals surface area (Å²) in [5, 5.41) is 6.09. The maximum atomic E-state index is 11.5. The molecule has 1 aliphatic rings. The van der Waals surface area contributed by atoms with Crippen molar-refractivity contribution in [2.45, 2.75) is 12.8 Å². The van der Waals surface area contributed by atoms with Crippen molar-refractivity contribution < 1.29 is 9.53 Å². The van der Waals surface area contributed by atoms with E-state index in [0.29, 0.717) is 23.3 Å². The van der Waals surface area contributed by atoms with Gasteiger partial charge in [-0.2, -0.15) is 0 Å². The van der Waals surface area contributed by atoms with Crippen molar-refractivity contribution in [1.82, 2.24) is 20.3 Å². The molecule has 132 valence electrons. The van der Waals surface area contributed by atoms with Crippen LogP contribution in [0.15, 0.2) is 18.3 Å². The maximum absolute atomic E-state index is 11.5. The predicted octanol–water partition coefficient (Wildman–Crippen LogP) is 2.13. The molecule has 1 unspecified atom stereocenters. The van der Waals surface area contributed by atoms with E-state index in [4.69, 9.17) is 27.9 Å². The van der Waals surface area contributed by atoms with Crippen LogP contribution in [0.4, 0.5) is 5.69 Å². The van der Waals surface area contributed by atoms with Gasteiger partial charge in [-0.1, -0.05) is 11.6 Å². The van der Waals surface area contributed by atoms with E-state index >= 15 is 0 Å². The van der Waals surface area contributed by atoms with Crippen LogP contribution < -0.4 is 15.4 Å². The third-order valence-electron chi connectivity index (χ3n) is 3.81. The van der Waals surface area contributed by atoms with Gasteiger partial charge in [-0.15, -0.1) is 0 Å². The predicted molar refractivity (Wildman–Crippen MR) is 95.2 cm³/mol. The molecular weight excluding hydrogens is 365 g/mol. The number of ether oxygens (including phenoxy) is 1. The molecule has 2 heterocycles. The molecule has 0 bridgehead atoms. The molecule has 1 atom stereocenters. The number of rotatable bonds is 6. The Hall–Kier alpha value is -1.96. The Morgan fingerprint density at radius 2 is 2.16 bits per heavy atom. The number of nitrogens with zero attached hydrogens (tertiary/aromatic N) is 3. The molecule has 0 aliphatic heterocycles. The highest BCUT2D eigenvalue weighted by Gasteiger charge is 2.27. The second-order valence-corrected chi connectivity index (χ2v) is 6.45. The fourth-order valence-corrected chi connectivity index (χ4v) is 3.20. The van der Waals surface area contributed by atoms with Crippen LogP contribution in [-0.4, -0.2) is 41.1 Å². The number of hydrogen-bond donors (Lipinski definition) is 2. The van der Waals surface area contributed by atoms with Gasteiger partial charge in [0.25, 0.3) is 0 Å². The minimum Gasteiger partial charge on any atom is -0.477 e. The SMILES string of the molecule is CNCC(=O)Nc1ccc(OCC2Cc3nc(Cl)nc(Cl)c3C2)nc1. The van der Waals surface area contributed by atoms with Crippen LogP contribution in [0.2, 0.25) is 10.4 Å². The van der Waals surface area contributed by atoms with Crippen LogP contribution in [0.25, 0.3) is 0 Å². The van der Waals surface area contributed by atoms with Gasteiger partial charge in [0, 0.05) is 17.5 Å². The van der Waals surface area contributed by atoms with Gasteiger partial charge >= 0.3 is 0 Å². The lowest BCUT2D eigenvalue weighted by Gasteiger charge is -2.11. The largest absolute Gasteiger partial charge is 0.477 e. The number of amides is 1. The van der Waals surface area contributed by atoms with Gasteiger partial charge in [0.05, 0.1) is 30.7 Å². The molecule has 0 radical (unpaired) electrons.